The summed E-state index contributed by atoms with van der Waals surface area (Å²) in [5.41, 5.74) is 3.53. The van der Waals surface area contributed by atoms with Gasteiger partial charge in [-0.15, -0.1) is 0 Å². The summed E-state index contributed by atoms with van der Waals surface area (Å²) in [5.74, 6) is 0. The lowest BCUT2D eigenvalue weighted by molar-refractivity contribution is 0.609. The van der Waals surface area contributed by atoms with Gasteiger partial charge >= 0.3 is 0 Å². The van der Waals surface area contributed by atoms with Gasteiger partial charge in [0.1, 0.15) is 0 Å². The zero-order valence-electron chi connectivity index (χ0n) is 13.9. The first-order chi connectivity index (χ1) is 12.6. The van der Waals surface area contributed by atoms with Crippen LogP contribution in [0.25, 0.3) is 11.8 Å². The van der Waals surface area contributed by atoms with E-state index < -0.39 is 10.0 Å². The Labute approximate surface area is 157 Å². The summed E-state index contributed by atoms with van der Waals surface area (Å²) in [4.78, 5) is 6.63. The smallest absolute Gasteiger partial charge is 0.255 e. The van der Waals surface area contributed by atoms with E-state index in [-0.39, 0.29) is 0 Å². The lowest BCUT2D eigenvalue weighted by Crippen LogP contribution is -2.19. The minimum Gasteiger partial charge on any atom is -0.318 e. The van der Waals surface area contributed by atoms with E-state index in [4.69, 9.17) is 0 Å². The minimum atomic E-state index is -3.56. The molecule has 2 aliphatic rings. The number of benzene rings is 2. The molecular formula is C19H17N3O2S2. The summed E-state index contributed by atoms with van der Waals surface area (Å²) in [6.07, 6.45) is 1.57. The maximum Gasteiger partial charge on any atom is 0.255 e. The zero-order valence-corrected chi connectivity index (χ0v) is 15.5. The maximum atomic E-state index is 12.2. The van der Waals surface area contributed by atoms with Crippen molar-refractivity contribution in [2.24, 2.45) is 4.99 Å². The summed E-state index contributed by atoms with van der Waals surface area (Å²) in [7, 11) is -3.56. The van der Waals surface area contributed by atoms with Crippen LogP contribution in [0.3, 0.4) is 0 Å². The molecule has 0 radical (unpaired) electrons. The first-order valence-corrected chi connectivity index (χ1v) is 10.6. The van der Waals surface area contributed by atoms with Crippen LogP contribution < -0.4 is 4.72 Å². The SMILES string of the molecule is O=S(=O)(C=Cc1ccccc1)Nc1ccc(C2=CSC3=NCCN23)cc1. The van der Waals surface area contributed by atoms with Crippen LogP contribution in [0.4, 0.5) is 5.69 Å². The van der Waals surface area contributed by atoms with Gasteiger partial charge in [-0.3, -0.25) is 9.71 Å². The van der Waals surface area contributed by atoms with Crippen LogP contribution in [0, 0.1) is 0 Å². The molecule has 2 heterocycles. The number of nitrogens with one attached hydrogen (secondary N) is 1. The molecule has 0 atom stereocenters. The van der Waals surface area contributed by atoms with E-state index in [0.29, 0.717) is 5.69 Å². The first kappa shape index (κ1) is 16.9. The van der Waals surface area contributed by atoms with Gasteiger partial charge in [-0.05, 0) is 29.3 Å². The third-order valence-electron chi connectivity index (χ3n) is 4.05. The molecule has 0 fully saturated rings. The highest BCUT2D eigenvalue weighted by atomic mass is 32.2. The molecule has 0 aliphatic carbocycles. The van der Waals surface area contributed by atoms with E-state index >= 15 is 0 Å². The fourth-order valence-corrected chi connectivity index (χ4v) is 4.62. The molecule has 2 aliphatic heterocycles. The van der Waals surface area contributed by atoms with Crippen LogP contribution in [0.2, 0.25) is 0 Å². The lowest BCUT2D eigenvalue weighted by atomic mass is 10.1. The van der Waals surface area contributed by atoms with Crippen molar-refractivity contribution in [1.29, 1.82) is 0 Å². The van der Waals surface area contributed by atoms with E-state index in [2.05, 4.69) is 20.0 Å². The van der Waals surface area contributed by atoms with Crippen molar-refractivity contribution in [3.05, 3.63) is 76.5 Å². The van der Waals surface area contributed by atoms with E-state index in [1.807, 2.05) is 42.5 Å². The number of amidine groups is 1. The molecule has 7 heteroatoms. The highest BCUT2D eigenvalue weighted by molar-refractivity contribution is 8.16. The number of rotatable bonds is 5. The van der Waals surface area contributed by atoms with E-state index in [9.17, 15) is 8.42 Å². The number of aliphatic imine (C=N–C) groups is 1. The standard InChI is InChI=1S/C19H17N3O2S2/c23-26(24,13-10-15-4-2-1-3-5-15)21-17-8-6-16(7-9-17)18-14-25-19-20-11-12-22(18)19/h1-10,13-14,21H,11-12H2. The summed E-state index contributed by atoms with van der Waals surface area (Å²) in [6.45, 7) is 1.72. The van der Waals surface area contributed by atoms with Gasteiger partial charge in [0.25, 0.3) is 10.0 Å². The highest BCUT2D eigenvalue weighted by Crippen LogP contribution is 2.35. The zero-order chi connectivity index (χ0) is 18.0. The van der Waals surface area contributed by atoms with E-state index in [1.165, 1.54) is 5.41 Å². The van der Waals surface area contributed by atoms with Gasteiger partial charge in [0.05, 0.1) is 17.6 Å². The average molecular weight is 383 g/mol. The van der Waals surface area contributed by atoms with Gasteiger partial charge in [-0.1, -0.05) is 54.2 Å². The topological polar surface area (TPSA) is 61.8 Å². The molecule has 5 nitrogen and oxygen atoms in total. The van der Waals surface area contributed by atoms with Crippen molar-refractivity contribution in [3.8, 4) is 0 Å². The molecule has 26 heavy (non-hydrogen) atoms. The number of fused-ring (bicyclic) bond motifs is 1. The van der Waals surface area contributed by atoms with Crippen LogP contribution in [-0.4, -0.2) is 31.6 Å². The van der Waals surface area contributed by atoms with Gasteiger partial charge in [0.15, 0.2) is 5.17 Å². The predicted molar refractivity (Wildman–Crippen MR) is 109 cm³/mol. The second kappa shape index (κ2) is 7.01. The maximum absolute atomic E-state index is 12.2. The van der Waals surface area contributed by atoms with Crippen molar-refractivity contribution in [2.45, 2.75) is 0 Å². The molecule has 132 valence electrons. The summed E-state index contributed by atoms with van der Waals surface area (Å²) in [6, 6.07) is 16.7. The second-order valence-corrected chi connectivity index (χ2v) is 8.28. The molecule has 1 N–H and O–H groups in total. The van der Waals surface area contributed by atoms with Gasteiger partial charge in [-0.25, -0.2) is 8.42 Å². The van der Waals surface area contributed by atoms with Crippen LogP contribution in [0.5, 0.6) is 0 Å². The Morgan fingerprint density at radius 1 is 1.08 bits per heavy atom. The van der Waals surface area contributed by atoms with Crippen molar-refractivity contribution in [1.82, 2.24) is 4.90 Å². The number of sulfonamides is 1. The average Bonchev–Trinajstić information content (AvgIpc) is 3.25. The highest BCUT2D eigenvalue weighted by Gasteiger charge is 2.26. The van der Waals surface area contributed by atoms with Crippen LogP contribution >= 0.6 is 11.8 Å². The van der Waals surface area contributed by atoms with Crippen molar-refractivity contribution in [3.63, 3.8) is 0 Å². The van der Waals surface area contributed by atoms with Crippen LogP contribution in [-0.2, 0) is 10.0 Å². The van der Waals surface area contributed by atoms with Crippen LogP contribution in [0.15, 0.2) is 70.4 Å². The number of hydrogen-bond donors (Lipinski definition) is 1. The molecular weight excluding hydrogens is 366 g/mol. The molecule has 0 amide bonds. The molecule has 4 rings (SSSR count). The Balaban J connectivity index is 1.46. The summed E-state index contributed by atoms with van der Waals surface area (Å²) >= 11 is 1.63. The number of thioether (sulfide) groups is 1. The third-order valence-corrected chi connectivity index (χ3v) is 5.96. The van der Waals surface area contributed by atoms with E-state index in [1.54, 1.807) is 30.0 Å². The Kier molecular flexibility index (Phi) is 4.57. The number of anilines is 1. The largest absolute Gasteiger partial charge is 0.318 e. The molecule has 2 aromatic rings. The lowest BCUT2D eigenvalue weighted by Gasteiger charge is -2.16. The van der Waals surface area contributed by atoms with Gasteiger partial charge in [0.2, 0.25) is 0 Å². The van der Waals surface area contributed by atoms with Gasteiger partial charge in [0, 0.05) is 17.6 Å². The number of nitrogens with zero attached hydrogens (tertiary/aromatic N) is 2. The molecule has 0 aromatic heterocycles. The second-order valence-electron chi connectivity index (χ2n) is 5.87. The fraction of sp³-hybridized carbons (Fsp3) is 0.105. The third kappa shape index (κ3) is 3.68. The molecule has 0 spiro atoms. The molecule has 0 unspecified atom stereocenters. The molecule has 0 bridgehead atoms. The van der Waals surface area contributed by atoms with Gasteiger partial charge < -0.3 is 4.90 Å². The Morgan fingerprint density at radius 2 is 1.85 bits per heavy atom. The minimum absolute atomic E-state index is 0.535. The Hall–Kier alpha value is -2.51. The normalized spacial score (nSPS) is 16.5. The van der Waals surface area contributed by atoms with Gasteiger partial charge in [-0.2, -0.15) is 0 Å². The van der Waals surface area contributed by atoms with E-state index in [0.717, 1.165) is 35.1 Å². The summed E-state index contributed by atoms with van der Waals surface area (Å²) in [5, 5.41) is 4.30. The number of hydrogen-bond acceptors (Lipinski definition) is 5. The van der Waals surface area contributed by atoms with Crippen LogP contribution in [0.1, 0.15) is 11.1 Å². The van der Waals surface area contributed by atoms with Crippen molar-refractivity contribution >= 4 is 44.4 Å². The Bertz CT molecular complexity index is 995. The Morgan fingerprint density at radius 3 is 2.62 bits per heavy atom. The summed E-state index contributed by atoms with van der Waals surface area (Å²) < 4.78 is 27.0. The van der Waals surface area contributed by atoms with Crippen molar-refractivity contribution in [2.75, 3.05) is 17.8 Å². The monoisotopic (exact) mass is 383 g/mol. The molecule has 2 aromatic carbocycles. The first-order valence-electron chi connectivity index (χ1n) is 8.16. The molecule has 0 saturated heterocycles. The predicted octanol–water partition coefficient (Wildman–Crippen LogP) is 3.82. The van der Waals surface area contributed by atoms with Crippen molar-refractivity contribution < 1.29 is 8.42 Å². The molecule has 0 saturated carbocycles. The fourth-order valence-electron chi connectivity index (χ4n) is 2.79. The quantitative estimate of drug-likeness (QED) is 0.853.